The lowest BCUT2D eigenvalue weighted by atomic mass is 10.1. The number of nitrogens with zero attached hydrogens (tertiary/aromatic N) is 5. The van der Waals surface area contributed by atoms with E-state index in [2.05, 4.69) is 26.9 Å². The van der Waals surface area contributed by atoms with Gasteiger partial charge in [0.25, 0.3) is 0 Å². The van der Waals surface area contributed by atoms with Crippen LogP contribution < -0.4 is 9.80 Å². The van der Waals surface area contributed by atoms with Crippen LogP contribution in [0.3, 0.4) is 0 Å². The number of piperazine rings is 1. The van der Waals surface area contributed by atoms with E-state index >= 15 is 0 Å². The van der Waals surface area contributed by atoms with Gasteiger partial charge >= 0.3 is 0 Å². The third-order valence-electron chi connectivity index (χ3n) is 5.76. The summed E-state index contributed by atoms with van der Waals surface area (Å²) in [4.78, 5) is 18.5. The van der Waals surface area contributed by atoms with Gasteiger partial charge in [0.05, 0.1) is 15.7 Å². The molecule has 2 aromatic carbocycles. The summed E-state index contributed by atoms with van der Waals surface area (Å²) in [5, 5.41) is 1.39. The lowest BCUT2D eigenvalue weighted by molar-refractivity contribution is 0.628. The molecule has 5 nitrogen and oxygen atoms in total. The summed E-state index contributed by atoms with van der Waals surface area (Å²) in [5.41, 5.74) is 2.65. The maximum absolute atomic E-state index is 13.8. The van der Waals surface area contributed by atoms with Crippen LogP contribution in [-0.4, -0.2) is 41.1 Å². The molecule has 9 heteroatoms. The Labute approximate surface area is 217 Å². The summed E-state index contributed by atoms with van der Waals surface area (Å²) in [6.45, 7) is 3.06. The van der Waals surface area contributed by atoms with Crippen molar-refractivity contribution in [2.75, 3.05) is 36.0 Å². The van der Waals surface area contributed by atoms with E-state index in [0.717, 1.165) is 49.1 Å². The normalized spacial score (nSPS) is 13.8. The SMILES string of the molecule is Fc1ccc(-c2cc(N3CCN(c4ncccc4Cl)CC3)nc(SCc3ccccc3)n2)cc1Cl. The predicted octanol–water partition coefficient (Wildman–Crippen LogP) is 6.60. The first-order valence-corrected chi connectivity index (χ1v) is 12.9. The van der Waals surface area contributed by atoms with Gasteiger partial charge in [-0.05, 0) is 35.9 Å². The van der Waals surface area contributed by atoms with Crippen molar-refractivity contribution in [3.05, 3.63) is 94.4 Å². The summed E-state index contributed by atoms with van der Waals surface area (Å²) in [5.74, 6) is 1.93. The standard InChI is InChI=1S/C26H22Cl2FN5S/c27-20-7-4-10-30-25(20)34-13-11-33(12-14-34)24-16-23(19-8-9-22(29)21(28)15-19)31-26(32-24)35-17-18-5-2-1-3-6-18/h1-10,15-16H,11-14,17H2. The van der Waals surface area contributed by atoms with Gasteiger partial charge in [-0.15, -0.1) is 0 Å². The van der Waals surface area contributed by atoms with Gasteiger partial charge in [0, 0.05) is 49.8 Å². The van der Waals surface area contributed by atoms with Crippen LogP contribution in [-0.2, 0) is 5.75 Å². The number of halogens is 3. The average Bonchev–Trinajstić information content (AvgIpc) is 2.90. The summed E-state index contributed by atoms with van der Waals surface area (Å²) >= 11 is 14.0. The van der Waals surface area contributed by atoms with Crippen molar-refractivity contribution in [2.24, 2.45) is 0 Å². The van der Waals surface area contributed by atoms with E-state index in [4.69, 9.17) is 33.2 Å². The molecule has 4 aromatic rings. The molecule has 0 spiro atoms. The van der Waals surface area contributed by atoms with Crippen LogP contribution in [0, 0.1) is 5.82 Å². The van der Waals surface area contributed by atoms with Crippen LogP contribution in [0.25, 0.3) is 11.3 Å². The molecule has 3 heterocycles. The van der Waals surface area contributed by atoms with Crippen LogP contribution in [0.1, 0.15) is 5.56 Å². The van der Waals surface area contributed by atoms with Gasteiger partial charge in [-0.1, -0.05) is 65.3 Å². The molecular weight excluding hydrogens is 504 g/mol. The zero-order valence-electron chi connectivity index (χ0n) is 18.7. The van der Waals surface area contributed by atoms with Gasteiger partial charge < -0.3 is 9.80 Å². The van der Waals surface area contributed by atoms with Crippen LogP contribution in [0.2, 0.25) is 10.0 Å². The maximum Gasteiger partial charge on any atom is 0.190 e. The molecule has 0 atom stereocenters. The highest BCUT2D eigenvalue weighted by Crippen LogP contribution is 2.31. The van der Waals surface area contributed by atoms with Crippen molar-refractivity contribution in [3.8, 4) is 11.3 Å². The molecule has 1 aliphatic heterocycles. The molecule has 35 heavy (non-hydrogen) atoms. The Bertz CT molecular complexity index is 1320. The maximum atomic E-state index is 13.8. The first-order chi connectivity index (χ1) is 17.1. The van der Waals surface area contributed by atoms with Crippen LogP contribution in [0.15, 0.2) is 78.1 Å². The number of rotatable bonds is 6. The lowest BCUT2D eigenvalue weighted by Gasteiger charge is -2.36. The molecule has 1 fully saturated rings. The number of hydrogen-bond acceptors (Lipinski definition) is 6. The highest BCUT2D eigenvalue weighted by Gasteiger charge is 2.22. The highest BCUT2D eigenvalue weighted by molar-refractivity contribution is 7.98. The second-order valence-corrected chi connectivity index (χ2v) is 9.84. The molecular formula is C26H22Cl2FN5S. The molecule has 0 amide bonds. The molecule has 178 valence electrons. The molecule has 0 radical (unpaired) electrons. The van der Waals surface area contributed by atoms with E-state index in [9.17, 15) is 4.39 Å². The Hall–Kier alpha value is -2.87. The number of benzene rings is 2. The van der Waals surface area contributed by atoms with E-state index in [0.29, 0.717) is 15.9 Å². The third kappa shape index (κ3) is 5.69. The predicted molar refractivity (Wildman–Crippen MR) is 142 cm³/mol. The van der Waals surface area contributed by atoms with Crippen molar-refractivity contribution in [2.45, 2.75) is 10.9 Å². The third-order valence-corrected chi connectivity index (χ3v) is 7.26. The van der Waals surface area contributed by atoms with E-state index in [1.165, 1.54) is 11.6 Å². The number of thioether (sulfide) groups is 1. The highest BCUT2D eigenvalue weighted by atomic mass is 35.5. The topological polar surface area (TPSA) is 45.2 Å². The summed E-state index contributed by atoms with van der Waals surface area (Å²) in [7, 11) is 0. The van der Waals surface area contributed by atoms with E-state index in [-0.39, 0.29) is 5.02 Å². The Kier molecular flexibility index (Phi) is 7.37. The summed E-state index contributed by atoms with van der Waals surface area (Å²) in [6, 6.07) is 20.5. The zero-order valence-corrected chi connectivity index (χ0v) is 21.1. The fourth-order valence-corrected chi connectivity index (χ4v) is 5.15. The number of pyridine rings is 1. The molecule has 0 saturated carbocycles. The first kappa shape index (κ1) is 23.9. The quantitative estimate of drug-likeness (QED) is 0.208. The molecule has 5 rings (SSSR count). The number of aromatic nitrogens is 3. The monoisotopic (exact) mass is 525 g/mol. The Morgan fingerprint density at radius 1 is 0.829 bits per heavy atom. The fourth-order valence-electron chi connectivity index (χ4n) is 3.92. The van der Waals surface area contributed by atoms with Gasteiger partial charge in [0.1, 0.15) is 17.5 Å². The largest absolute Gasteiger partial charge is 0.353 e. The molecule has 0 aliphatic carbocycles. The Balaban J connectivity index is 1.40. The van der Waals surface area contributed by atoms with Crippen molar-refractivity contribution in [3.63, 3.8) is 0 Å². The van der Waals surface area contributed by atoms with Gasteiger partial charge in [-0.2, -0.15) is 0 Å². The minimum atomic E-state index is -0.451. The molecule has 0 N–H and O–H groups in total. The zero-order chi connectivity index (χ0) is 24.2. The molecule has 2 aromatic heterocycles. The minimum Gasteiger partial charge on any atom is -0.353 e. The van der Waals surface area contributed by atoms with Crippen LogP contribution in [0.5, 0.6) is 0 Å². The van der Waals surface area contributed by atoms with Gasteiger partial charge in [-0.25, -0.2) is 19.3 Å². The van der Waals surface area contributed by atoms with E-state index < -0.39 is 5.82 Å². The Morgan fingerprint density at radius 2 is 1.60 bits per heavy atom. The van der Waals surface area contributed by atoms with E-state index in [1.54, 1.807) is 30.1 Å². The summed E-state index contributed by atoms with van der Waals surface area (Å²) in [6.07, 6.45) is 1.76. The molecule has 1 saturated heterocycles. The van der Waals surface area contributed by atoms with Gasteiger partial charge in [-0.3, -0.25) is 0 Å². The van der Waals surface area contributed by atoms with Gasteiger partial charge in [0.2, 0.25) is 0 Å². The second kappa shape index (κ2) is 10.8. The summed E-state index contributed by atoms with van der Waals surface area (Å²) < 4.78 is 13.8. The van der Waals surface area contributed by atoms with Crippen molar-refractivity contribution < 1.29 is 4.39 Å². The molecule has 1 aliphatic rings. The average molecular weight is 526 g/mol. The van der Waals surface area contributed by atoms with Crippen molar-refractivity contribution in [1.82, 2.24) is 15.0 Å². The fraction of sp³-hybridized carbons (Fsp3) is 0.192. The van der Waals surface area contributed by atoms with Gasteiger partial charge in [0.15, 0.2) is 5.16 Å². The molecule has 0 unspecified atom stereocenters. The lowest BCUT2D eigenvalue weighted by Crippen LogP contribution is -2.47. The smallest absolute Gasteiger partial charge is 0.190 e. The number of anilines is 2. The first-order valence-electron chi connectivity index (χ1n) is 11.2. The van der Waals surface area contributed by atoms with E-state index in [1.807, 2.05) is 36.4 Å². The Morgan fingerprint density at radius 3 is 2.34 bits per heavy atom. The van der Waals surface area contributed by atoms with Crippen molar-refractivity contribution >= 4 is 46.6 Å². The van der Waals surface area contributed by atoms with Crippen LogP contribution in [0.4, 0.5) is 16.0 Å². The minimum absolute atomic E-state index is 0.0713. The molecule has 0 bridgehead atoms. The van der Waals surface area contributed by atoms with Crippen LogP contribution >= 0.6 is 35.0 Å². The van der Waals surface area contributed by atoms with Crippen molar-refractivity contribution in [1.29, 1.82) is 0 Å². The second-order valence-electron chi connectivity index (χ2n) is 8.08. The number of hydrogen-bond donors (Lipinski definition) is 0.